The maximum absolute atomic E-state index is 14.9. The molecule has 3 aromatic carbocycles. The number of rotatable bonds is 8. The fourth-order valence-corrected chi connectivity index (χ4v) is 5.97. The first-order chi connectivity index (χ1) is 19.4. The highest BCUT2D eigenvalue weighted by Crippen LogP contribution is 2.34. The molecule has 1 saturated carbocycles. The van der Waals surface area contributed by atoms with Crippen molar-refractivity contribution in [1.82, 2.24) is 4.90 Å². The lowest BCUT2D eigenvalue weighted by Gasteiger charge is -2.22. The number of thioether (sulfide) groups is 1. The lowest BCUT2D eigenvalue weighted by atomic mass is 9.84. The molecule has 6 nitrogen and oxygen atoms in total. The molecule has 1 amide bonds. The second-order valence-corrected chi connectivity index (χ2v) is 11.2. The van der Waals surface area contributed by atoms with Crippen LogP contribution in [0.15, 0.2) is 76.6 Å². The summed E-state index contributed by atoms with van der Waals surface area (Å²) in [4.78, 5) is 30.1. The van der Waals surface area contributed by atoms with Crippen LogP contribution in [0.1, 0.15) is 60.3 Å². The number of nitrogens with zero attached hydrogens (tertiary/aromatic N) is 2. The summed E-state index contributed by atoms with van der Waals surface area (Å²) >= 11 is 1.20. The third-order valence-corrected chi connectivity index (χ3v) is 8.28. The van der Waals surface area contributed by atoms with Crippen LogP contribution >= 0.6 is 11.8 Å². The number of likely N-dealkylation sites (N-methyl/N-ethyl adjacent to an activating group) is 1. The van der Waals surface area contributed by atoms with Gasteiger partial charge < -0.3 is 9.84 Å². The lowest BCUT2D eigenvalue weighted by molar-refractivity contribution is -0.136. The van der Waals surface area contributed by atoms with Crippen LogP contribution in [0.25, 0.3) is 6.08 Å². The predicted octanol–water partition coefficient (Wildman–Crippen LogP) is 7.31. The standard InChI is InChI=1S/C32H31FN2O4S/c1-35-31(38)29(40-32(35)34-26-14-9-21(10-15-26)19-30(36)37)18-23-11-16-28(27(33)17-23)39-20-22-7-12-25(13-8-22)24-5-3-2-4-6-24/h7-18,24H,2-6,19-20H2,1H3,(H,36,37)/b29-18+,34-32?. The predicted molar refractivity (Wildman–Crippen MR) is 156 cm³/mol. The molecule has 8 heteroatoms. The van der Waals surface area contributed by atoms with Crippen molar-refractivity contribution in [1.29, 1.82) is 0 Å². The molecular weight excluding hydrogens is 527 g/mol. The molecule has 1 heterocycles. The maximum Gasteiger partial charge on any atom is 0.307 e. The highest BCUT2D eigenvalue weighted by atomic mass is 32.2. The van der Waals surface area contributed by atoms with E-state index in [9.17, 15) is 14.0 Å². The fraction of sp³-hybridized carbons (Fsp3) is 0.281. The largest absolute Gasteiger partial charge is 0.486 e. The van der Waals surface area contributed by atoms with Crippen molar-refractivity contribution in [3.05, 3.63) is 99.7 Å². The highest BCUT2D eigenvalue weighted by Gasteiger charge is 2.30. The Balaban J connectivity index is 1.21. The van der Waals surface area contributed by atoms with E-state index in [4.69, 9.17) is 9.84 Å². The number of aliphatic carboxylic acids is 1. The molecule has 1 saturated heterocycles. The molecule has 1 aliphatic heterocycles. The number of carboxylic acid groups (broad SMARTS) is 1. The monoisotopic (exact) mass is 558 g/mol. The van der Waals surface area contributed by atoms with E-state index in [1.807, 2.05) is 0 Å². The third kappa shape index (κ3) is 6.80. The summed E-state index contributed by atoms with van der Waals surface area (Å²) in [7, 11) is 1.63. The first-order valence-corrected chi connectivity index (χ1v) is 14.3. The van der Waals surface area contributed by atoms with Gasteiger partial charge in [0, 0.05) is 7.05 Å². The van der Waals surface area contributed by atoms with Crippen molar-refractivity contribution >= 4 is 40.6 Å². The summed E-state index contributed by atoms with van der Waals surface area (Å²) in [5.74, 6) is -0.821. The minimum Gasteiger partial charge on any atom is -0.486 e. The van der Waals surface area contributed by atoms with E-state index >= 15 is 0 Å². The Morgan fingerprint density at radius 2 is 1.75 bits per heavy atom. The summed E-state index contributed by atoms with van der Waals surface area (Å²) in [5, 5.41) is 9.40. The van der Waals surface area contributed by atoms with Gasteiger partial charge in [-0.25, -0.2) is 9.38 Å². The number of amides is 1. The number of hydrogen-bond acceptors (Lipinski definition) is 5. The van der Waals surface area contributed by atoms with Crippen LogP contribution < -0.4 is 4.74 Å². The minimum absolute atomic E-state index is 0.0647. The molecule has 0 aromatic heterocycles. The normalized spacial score (nSPS) is 18.1. The molecule has 1 N–H and O–H groups in total. The van der Waals surface area contributed by atoms with E-state index in [1.54, 1.807) is 49.5 Å². The molecule has 40 heavy (non-hydrogen) atoms. The number of ether oxygens (including phenoxy) is 1. The van der Waals surface area contributed by atoms with Gasteiger partial charge in [0.25, 0.3) is 5.91 Å². The van der Waals surface area contributed by atoms with Gasteiger partial charge in [0.1, 0.15) is 6.61 Å². The molecule has 2 aliphatic rings. The Morgan fingerprint density at radius 3 is 2.42 bits per heavy atom. The van der Waals surface area contributed by atoms with Crippen molar-refractivity contribution in [2.75, 3.05) is 7.05 Å². The first-order valence-electron chi connectivity index (χ1n) is 13.4. The molecule has 0 radical (unpaired) electrons. The molecule has 0 spiro atoms. The van der Waals surface area contributed by atoms with Gasteiger partial charge in [-0.2, -0.15) is 0 Å². The van der Waals surface area contributed by atoms with Crippen molar-refractivity contribution in [2.45, 2.75) is 51.0 Å². The van der Waals surface area contributed by atoms with E-state index in [2.05, 4.69) is 29.3 Å². The van der Waals surface area contributed by atoms with Gasteiger partial charge in [0.15, 0.2) is 16.7 Å². The van der Waals surface area contributed by atoms with Crippen molar-refractivity contribution < 1.29 is 23.8 Å². The quantitative estimate of drug-likeness (QED) is 0.293. The van der Waals surface area contributed by atoms with Crippen LogP contribution in [0, 0.1) is 5.82 Å². The van der Waals surface area contributed by atoms with Crippen molar-refractivity contribution in [2.24, 2.45) is 4.99 Å². The Morgan fingerprint density at radius 1 is 1.05 bits per heavy atom. The summed E-state index contributed by atoms with van der Waals surface area (Å²) in [6, 6.07) is 19.9. The summed E-state index contributed by atoms with van der Waals surface area (Å²) in [6.45, 7) is 0.276. The first kappa shape index (κ1) is 27.6. The zero-order chi connectivity index (χ0) is 28.1. The van der Waals surface area contributed by atoms with E-state index < -0.39 is 11.8 Å². The molecule has 0 atom stereocenters. The highest BCUT2D eigenvalue weighted by molar-refractivity contribution is 8.18. The van der Waals surface area contributed by atoms with Crippen LogP contribution in [0.3, 0.4) is 0 Å². The number of aliphatic imine (C=N–C) groups is 1. The molecule has 2 fully saturated rings. The van der Waals surface area contributed by atoms with Gasteiger partial charge in [-0.05, 0) is 83.1 Å². The van der Waals surface area contributed by atoms with Gasteiger partial charge in [0.2, 0.25) is 0 Å². The zero-order valence-corrected chi connectivity index (χ0v) is 23.1. The van der Waals surface area contributed by atoms with Crippen LogP contribution in [0.5, 0.6) is 5.75 Å². The van der Waals surface area contributed by atoms with Gasteiger partial charge in [-0.15, -0.1) is 0 Å². The molecule has 0 bridgehead atoms. The summed E-state index contributed by atoms with van der Waals surface area (Å²) < 4.78 is 20.6. The van der Waals surface area contributed by atoms with Crippen LogP contribution in [-0.4, -0.2) is 34.1 Å². The maximum atomic E-state index is 14.9. The molecular formula is C32H31FN2O4S. The number of carbonyl (C=O) groups excluding carboxylic acids is 1. The third-order valence-electron chi connectivity index (χ3n) is 7.22. The SMILES string of the molecule is CN1C(=O)/C(=C\c2ccc(OCc3ccc(C4CCCCC4)cc3)c(F)c2)SC1=Nc1ccc(CC(=O)O)cc1. The molecule has 3 aromatic rings. The molecule has 1 aliphatic carbocycles. The molecule has 5 rings (SSSR count). The van der Waals surface area contributed by atoms with E-state index in [0.29, 0.717) is 32.8 Å². The van der Waals surface area contributed by atoms with E-state index in [0.717, 1.165) is 5.56 Å². The molecule has 0 unspecified atom stereocenters. The fourth-order valence-electron chi connectivity index (χ4n) is 4.98. The second-order valence-electron chi connectivity index (χ2n) is 10.2. The molecule has 206 valence electrons. The van der Waals surface area contributed by atoms with Crippen LogP contribution in [0.2, 0.25) is 0 Å². The van der Waals surface area contributed by atoms with Crippen LogP contribution in [0.4, 0.5) is 10.1 Å². The van der Waals surface area contributed by atoms with E-state index in [-0.39, 0.29) is 24.7 Å². The van der Waals surface area contributed by atoms with Crippen molar-refractivity contribution in [3.63, 3.8) is 0 Å². The van der Waals surface area contributed by atoms with E-state index in [1.165, 1.54) is 60.4 Å². The number of carbonyl (C=O) groups is 2. The average molecular weight is 559 g/mol. The van der Waals surface area contributed by atoms with Crippen LogP contribution in [-0.2, 0) is 22.6 Å². The Hall–Kier alpha value is -3.91. The smallest absolute Gasteiger partial charge is 0.307 e. The number of carboxylic acids is 1. The Kier molecular flexibility index (Phi) is 8.65. The topological polar surface area (TPSA) is 79.2 Å². The summed E-state index contributed by atoms with van der Waals surface area (Å²) in [5.41, 5.74) is 4.19. The number of benzene rings is 3. The average Bonchev–Trinajstić information content (AvgIpc) is 3.21. The minimum atomic E-state index is -0.902. The Labute approximate surface area is 237 Å². The zero-order valence-electron chi connectivity index (χ0n) is 22.3. The number of amidine groups is 1. The van der Waals surface area contributed by atoms with Gasteiger partial charge >= 0.3 is 5.97 Å². The second kappa shape index (κ2) is 12.5. The van der Waals surface area contributed by atoms with Gasteiger partial charge in [-0.1, -0.05) is 61.7 Å². The lowest BCUT2D eigenvalue weighted by Crippen LogP contribution is -2.23. The number of halogens is 1. The number of hydrogen-bond donors (Lipinski definition) is 1. The van der Waals surface area contributed by atoms with Gasteiger partial charge in [0.05, 0.1) is 17.0 Å². The van der Waals surface area contributed by atoms with Gasteiger partial charge in [-0.3, -0.25) is 14.5 Å². The summed E-state index contributed by atoms with van der Waals surface area (Å²) in [6.07, 6.45) is 8.00. The van der Waals surface area contributed by atoms with Crippen molar-refractivity contribution in [3.8, 4) is 5.75 Å². The Bertz CT molecular complexity index is 1440.